The summed E-state index contributed by atoms with van der Waals surface area (Å²) in [4.78, 5) is 0. The van der Waals surface area contributed by atoms with Crippen LogP contribution in [-0.4, -0.2) is 32.0 Å². The fourth-order valence-corrected chi connectivity index (χ4v) is 4.13. The van der Waals surface area contributed by atoms with Gasteiger partial charge in [-0.15, -0.1) is 0 Å². The third kappa shape index (κ3) is 1.82. The van der Waals surface area contributed by atoms with Crippen LogP contribution in [-0.2, 0) is 9.84 Å². The Bertz CT molecular complexity index is 312. The molecule has 1 heterocycles. The summed E-state index contributed by atoms with van der Waals surface area (Å²) in [5.41, 5.74) is 0. The molecule has 0 bridgehead atoms. The molecule has 0 spiro atoms. The van der Waals surface area contributed by atoms with Crippen LogP contribution in [0.1, 0.15) is 26.7 Å². The van der Waals surface area contributed by atoms with E-state index in [0.29, 0.717) is 17.6 Å². The molecular weight excluding hydrogens is 198 g/mol. The van der Waals surface area contributed by atoms with Crippen LogP contribution in [0.15, 0.2) is 0 Å². The minimum Gasteiger partial charge on any atom is -0.312 e. The molecule has 1 aliphatic carbocycles. The number of sulfone groups is 1. The maximum atomic E-state index is 11.8. The van der Waals surface area contributed by atoms with Gasteiger partial charge in [-0.2, -0.15) is 0 Å². The molecule has 2 rings (SSSR count). The van der Waals surface area contributed by atoms with Crippen LogP contribution in [0.2, 0.25) is 0 Å². The minimum atomic E-state index is -2.84. The first-order chi connectivity index (χ1) is 6.52. The van der Waals surface area contributed by atoms with Crippen LogP contribution in [0.5, 0.6) is 0 Å². The van der Waals surface area contributed by atoms with Gasteiger partial charge in [0, 0.05) is 6.04 Å². The summed E-state index contributed by atoms with van der Waals surface area (Å²) in [6.45, 7) is 4.93. The molecule has 2 fully saturated rings. The average Bonchev–Trinajstić information content (AvgIpc) is 2.81. The summed E-state index contributed by atoms with van der Waals surface area (Å²) < 4.78 is 23.6. The monoisotopic (exact) mass is 217 g/mol. The molecule has 3 nitrogen and oxygen atoms in total. The quantitative estimate of drug-likeness (QED) is 0.707. The van der Waals surface area contributed by atoms with E-state index in [-0.39, 0.29) is 11.3 Å². The lowest BCUT2D eigenvalue weighted by molar-refractivity contribution is 0.441. The van der Waals surface area contributed by atoms with Crippen LogP contribution >= 0.6 is 0 Å². The van der Waals surface area contributed by atoms with Crippen molar-refractivity contribution in [3.63, 3.8) is 0 Å². The maximum Gasteiger partial charge on any atom is 0.154 e. The highest BCUT2D eigenvalue weighted by Crippen LogP contribution is 2.43. The Kier molecular flexibility index (Phi) is 2.60. The number of nitrogens with one attached hydrogen (secondary N) is 1. The highest BCUT2D eigenvalue weighted by atomic mass is 32.2. The molecule has 0 aromatic heterocycles. The van der Waals surface area contributed by atoms with Crippen LogP contribution < -0.4 is 5.32 Å². The Balaban J connectivity index is 2.15. The second-order valence-corrected chi connectivity index (χ2v) is 7.26. The van der Waals surface area contributed by atoms with E-state index in [0.717, 1.165) is 13.0 Å². The van der Waals surface area contributed by atoms with E-state index in [1.165, 1.54) is 6.42 Å². The molecule has 1 saturated carbocycles. The predicted octanol–water partition coefficient (Wildman–Crippen LogP) is 0.808. The zero-order valence-corrected chi connectivity index (χ0v) is 9.68. The summed E-state index contributed by atoms with van der Waals surface area (Å²) in [5, 5.41) is 3.21. The zero-order chi connectivity index (χ0) is 10.3. The maximum absolute atomic E-state index is 11.8. The van der Waals surface area contributed by atoms with Crippen molar-refractivity contribution in [2.24, 2.45) is 11.8 Å². The van der Waals surface area contributed by atoms with Gasteiger partial charge in [-0.3, -0.25) is 0 Å². The van der Waals surface area contributed by atoms with Crippen molar-refractivity contribution in [1.82, 2.24) is 5.32 Å². The van der Waals surface area contributed by atoms with E-state index in [1.54, 1.807) is 0 Å². The van der Waals surface area contributed by atoms with Gasteiger partial charge in [0.05, 0.1) is 11.0 Å². The standard InChI is InChI=1S/C10H19NO2S/c1-7-6-9(7)10-8(2)14(12,13)5-3-4-11-10/h7-11H,3-6H2,1-2H3. The Morgan fingerprint density at radius 2 is 1.93 bits per heavy atom. The number of hydrogen-bond donors (Lipinski definition) is 1. The first-order valence-corrected chi connectivity index (χ1v) is 7.19. The minimum absolute atomic E-state index is 0.194. The van der Waals surface area contributed by atoms with E-state index in [2.05, 4.69) is 12.2 Å². The fraction of sp³-hybridized carbons (Fsp3) is 1.00. The summed E-state index contributed by atoms with van der Waals surface area (Å²) in [6, 6.07) is 0.206. The van der Waals surface area contributed by atoms with Crippen molar-refractivity contribution in [3.05, 3.63) is 0 Å². The van der Waals surface area contributed by atoms with Crippen LogP contribution in [0.3, 0.4) is 0 Å². The molecular formula is C10H19NO2S. The predicted molar refractivity (Wildman–Crippen MR) is 56.9 cm³/mol. The summed E-state index contributed by atoms with van der Waals surface area (Å²) in [7, 11) is -2.84. The topological polar surface area (TPSA) is 46.2 Å². The third-order valence-corrected chi connectivity index (χ3v) is 5.97. The van der Waals surface area contributed by atoms with Gasteiger partial charge in [0.2, 0.25) is 0 Å². The first-order valence-electron chi connectivity index (χ1n) is 5.47. The Morgan fingerprint density at radius 3 is 2.50 bits per heavy atom. The molecule has 4 atom stereocenters. The molecule has 2 aliphatic rings. The Morgan fingerprint density at radius 1 is 1.29 bits per heavy atom. The Labute approximate surface area is 86.2 Å². The van der Waals surface area contributed by atoms with Crippen molar-refractivity contribution in [2.45, 2.75) is 38.0 Å². The molecule has 4 heteroatoms. The van der Waals surface area contributed by atoms with Gasteiger partial charge in [0.15, 0.2) is 9.84 Å². The van der Waals surface area contributed by atoms with E-state index in [9.17, 15) is 8.42 Å². The molecule has 82 valence electrons. The number of rotatable bonds is 1. The van der Waals surface area contributed by atoms with E-state index < -0.39 is 9.84 Å². The summed E-state index contributed by atoms with van der Waals surface area (Å²) in [5.74, 6) is 1.67. The second kappa shape index (κ2) is 3.49. The molecule has 0 aromatic rings. The fourth-order valence-electron chi connectivity index (χ4n) is 2.47. The third-order valence-electron chi connectivity index (χ3n) is 3.69. The molecule has 1 saturated heterocycles. The van der Waals surface area contributed by atoms with Crippen molar-refractivity contribution < 1.29 is 8.42 Å². The van der Waals surface area contributed by atoms with Gasteiger partial charge in [0.1, 0.15) is 0 Å². The van der Waals surface area contributed by atoms with Crippen molar-refractivity contribution in [1.29, 1.82) is 0 Å². The first kappa shape index (κ1) is 10.4. The zero-order valence-electron chi connectivity index (χ0n) is 8.86. The van der Waals surface area contributed by atoms with Crippen LogP contribution in [0.25, 0.3) is 0 Å². The van der Waals surface area contributed by atoms with E-state index >= 15 is 0 Å². The largest absolute Gasteiger partial charge is 0.312 e. The van der Waals surface area contributed by atoms with E-state index in [1.807, 2.05) is 6.92 Å². The molecule has 14 heavy (non-hydrogen) atoms. The van der Waals surface area contributed by atoms with Gasteiger partial charge in [-0.25, -0.2) is 8.42 Å². The van der Waals surface area contributed by atoms with Crippen molar-refractivity contribution in [2.75, 3.05) is 12.3 Å². The van der Waals surface area contributed by atoms with Gasteiger partial charge in [-0.05, 0) is 38.1 Å². The molecule has 0 amide bonds. The average molecular weight is 217 g/mol. The normalized spacial score (nSPS) is 47.0. The van der Waals surface area contributed by atoms with Gasteiger partial charge >= 0.3 is 0 Å². The van der Waals surface area contributed by atoms with E-state index in [4.69, 9.17) is 0 Å². The molecule has 4 unspecified atom stereocenters. The molecule has 0 radical (unpaired) electrons. The molecule has 1 N–H and O–H groups in total. The summed E-state index contributed by atoms with van der Waals surface area (Å²) >= 11 is 0. The van der Waals surface area contributed by atoms with Crippen LogP contribution in [0, 0.1) is 11.8 Å². The molecule has 0 aromatic carbocycles. The van der Waals surface area contributed by atoms with Gasteiger partial charge in [0.25, 0.3) is 0 Å². The Hall–Kier alpha value is -0.0900. The van der Waals surface area contributed by atoms with Crippen molar-refractivity contribution >= 4 is 9.84 Å². The van der Waals surface area contributed by atoms with Gasteiger partial charge < -0.3 is 5.32 Å². The lowest BCUT2D eigenvalue weighted by Gasteiger charge is -2.21. The highest BCUT2D eigenvalue weighted by molar-refractivity contribution is 7.92. The second-order valence-electron chi connectivity index (χ2n) is 4.78. The van der Waals surface area contributed by atoms with Crippen molar-refractivity contribution in [3.8, 4) is 0 Å². The van der Waals surface area contributed by atoms with Crippen LogP contribution in [0.4, 0.5) is 0 Å². The van der Waals surface area contributed by atoms with Gasteiger partial charge in [-0.1, -0.05) is 6.92 Å². The molecule has 1 aliphatic heterocycles. The highest BCUT2D eigenvalue weighted by Gasteiger charge is 2.45. The smallest absolute Gasteiger partial charge is 0.154 e. The SMILES string of the molecule is CC1CC1C1NCCCS(=O)(=O)C1C. The summed E-state index contributed by atoms with van der Waals surface area (Å²) in [6.07, 6.45) is 1.96. The lowest BCUT2D eigenvalue weighted by atomic mass is 10.1. The number of hydrogen-bond acceptors (Lipinski definition) is 3. The lowest BCUT2D eigenvalue weighted by Crippen LogP contribution is -2.42.